The first-order chi connectivity index (χ1) is 15.1. The van der Waals surface area contributed by atoms with Crippen LogP contribution in [0.15, 0.2) is 82.7 Å². The van der Waals surface area contributed by atoms with Gasteiger partial charge in [-0.05, 0) is 54.3 Å². The Morgan fingerprint density at radius 2 is 1.71 bits per heavy atom. The molecule has 0 unspecified atom stereocenters. The molecule has 0 aliphatic heterocycles. The van der Waals surface area contributed by atoms with E-state index in [2.05, 4.69) is 5.32 Å². The fraction of sp³-hybridized carbons (Fsp3) is 0.125. The molecule has 0 atom stereocenters. The summed E-state index contributed by atoms with van der Waals surface area (Å²) in [6.07, 6.45) is 2.51. The Balaban J connectivity index is 1.53. The molecular formula is C24H20FN3OS2. The number of carbonyl (C=O) groups excluding carboxylic acids is 1. The number of amides is 1. The van der Waals surface area contributed by atoms with E-state index in [4.69, 9.17) is 9.97 Å². The molecule has 4 nitrogen and oxygen atoms in total. The number of nitrogens with zero attached hydrogens (tertiary/aromatic N) is 2. The van der Waals surface area contributed by atoms with E-state index < -0.39 is 0 Å². The molecule has 1 heterocycles. The fourth-order valence-corrected chi connectivity index (χ4v) is 4.33. The summed E-state index contributed by atoms with van der Waals surface area (Å²) < 4.78 is 13.3. The summed E-state index contributed by atoms with van der Waals surface area (Å²) in [6, 6.07) is 21.8. The Hall–Kier alpha value is -2.90. The van der Waals surface area contributed by atoms with Gasteiger partial charge in [-0.3, -0.25) is 4.79 Å². The fourth-order valence-electron chi connectivity index (χ4n) is 3.08. The number of halogens is 1. The third kappa shape index (κ3) is 5.62. The van der Waals surface area contributed by atoms with E-state index in [1.807, 2.05) is 54.8 Å². The van der Waals surface area contributed by atoms with Crippen LogP contribution in [0.4, 0.5) is 10.1 Å². The number of benzene rings is 3. The maximum atomic E-state index is 13.3. The zero-order valence-electron chi connectivity index (χ0n) is 16.8. The van der Waals surface area contributed by atoms with Crippen LogP contribution in [0.3, 0.4) is 0 Å². The van der Waals surface area contributed by atoms with Gasteiger partial charge in [0.05, 0.1) is 22.5 Å². The number of nitrogens with one attached hydrogen (secondary N) is 1. The molecule has 1 amide bonds. The van der Waals surface area contributed by atoms with Gasteiger partial charge in [-0.15, -0.1) is 11.8 Å². The Bertz CT molecular complexity index is 1220. The normalized spacial score (nSPS) is 10.9. The Labute approximate surface area is 188 Å². The first kappa shape index (κ1) is 21.3. The summed E-state index contributed by atoms with van der Waals surface area (Å²) in [5.74, 6) is -0.163. The summed E-state index contributed by atoms with van der Waals surface area (Å²) in [7, 11) is 0. The van der Waals surface area contributed by atoms with Gasteiger partial charge in [-0.1, -0.05) is 42.1 Å². The van der Waals surface area contributed by atoms with E-state index in [9.17, 15) is 9.18 Å². The summed E-state index contributed by atoms with van der Waals surface area (Å²) in [4.78, 5) is 23.1. The summed E-state index contributed by atoms with van der Waals surface area (Å²) in [5.41, 5.74) is 4.05. The van der Waals surface area contributed by atoms with E-state index in [1.165, 1.54) is 23.9 Å². The minimum Gasteiger partial charge on any atom is -0.325 e. The van der Waals surface area contributed by atoms with Gasteiger partial charge in [-0.2, -0.15) is 0 Å². The number of thioether (sulfide) groups is 2. The van der Waals surface area contributed by atoms with Crippen molar-refractivity contribution in [3.8, 4) is 0 Å². The third-order valence-corrected chi connectivity index (χ3v) is 6.32. The smallest absolute Gasteiger partial charge is 0.234 e. The van der Waals surface area contributed by atoms with Crippen LogP contribution >= 0.6 is 23.5 Å². The second-order valence-electron chi connectivity index (χ2n) is 6.84. The quantitative estimate of drug-likeness (QED) is 0.361. The van der Waals surface area contributed by atoms with Crippen molar-refractivity contribution in [3.63, 3.8) is 0 Å². The average Bonchev–Trinajstić information content (AvgIpc) is 2.79. The van der Waals surface area contributed by atoms with Gasteiger partial charge in [0.25, 0.3) is 0 Å². The van der Waals surface area contributed by atoms with Crippen LogP contribution in [-0.4, -0.2) is 27.9 Å². The molecule has 0 aliphatic carbocycles. The topological polar surface area (TPSA) is 54.9 Å². The largest absolute Gasteiger partial charge is 0.325 e. The zero-order valence-corrected chi connectivity index (χ0v) is 18.5. The van der Waals surface area contributed by atoms with Gasteiger partial charge < -0.3 is 5.32 Å². The summed E-state index contributed by atoms with van der Waals surface area (Å²) >= 11 is 2.98. The molecule has 31 heavy (non-hydrogen) atoms. The monoisotopic (exact) mass is 449 g/mol. The molecule has 1 aromatic heterocycles. The Kier molecular flexibility index (Phi) is 6.84. The van der Waals surface area contributed by atoms with Gasteiger partial charge in [-0.25, -0.2) is 14.4 Å². The molecule has 4 aromatic rings. The van der Waals surface area contributed by atoms with Crippen LogP contribution in [0.5, 0.6) is 0 Å². The average molecular weight is 450 g/mol. The Morgan fingerprint density at radius 1 is 0.968 bits per heavy atom. The minimum absolute atomic E-state index is 0.106. The lowest BCUT2D eigenvalue weighted by molar-refractivity contribution is -0.113. The van der Waals surface area contributed by atoms with Crippen molar-refractivity contribution < 1.29 is 9.18 Å². The van der Waals surface area contributed by atoms with E-state index in [1.54, 1.807) is 23.9 Å². The maximum Gasteiger partial charge on any atom is 0.234 e. The van der Waals surface area contributed by atoms with Crippen LogP contribution in [0, 0.1) is 5.82 Å². The SMILES string of the molecule is CSc1cccc(NC(=O)CSc2nc3ccccc3nc2Cc2ccc(F)cc2)c1. The van der Waals surface area contributed by atoms with E-state index in [0.717, 1.165) is 32.9 Å². The predicted octanol–water partition coefficient (Wildman–Crippen LogP) is 5.81. The van der Waals surface area contributed by atoms with E-state index in [-0.39, 0.29) is 17.5 Å². The third-order valence-electron chi connectivity index (χ3n) is 4.58. The van der Waals surface area contributed by atoms with Crippen molar-refractivity contribution in [2.75, 3.05) is 17.3 Å². The molecule has 0 aliphatic rings. The minimum atomic E-state index is -0.273. The van der Waals surface area contributed by atoms with Crippen LogP contribution < -0.4 is 5.32 Å². The number of anilines is 1. The molecule has 4 rings (SSSR count). The van der Waals surface area contributed by atoms with Crippen LogP contribution in [-0.2, 0) is 11.2 Å². The zero-order chi connectivity index (χ0) is 21.6. The first-order valence-corrected chi connectivity index (χ1v) is 11.9. The molecule has 0 saturated heterocycles. The molecule has 3 aromatic carbocycles. The van der Waals surface area contributed by atoms with Crippen molar-refractivity contribution in [3.05, 3.63) is 89.9 Å². The van der Waals surface area contributed by atoms with Gasteiger partial charge in [0.2, 0.25) is 5.91 Å². The lowest BCUT2D eigenvalue weighted by Gasteiger charge is -2.10. The molecule has 0 spiro atoms. The number of rotatable bonds is 7. The molecule has 0 radical (unpaired) electrons. The van der Waals surface area contributed by atoms with Gasteiger partial charge in [0.15, 0.2) is 0 Å². The van der Waals surface area contributed by atoms with Crippen molar-refractivity contribution in [1.29, 1.82) is 0 Å². The van der Waals surface area contributed by atoms with Crippen molar-refractivity contribution in [1.82, 2.24) is 9.97 Å². The van der Waals surface area contributed by atoms with Crippen LogP contribution in [0.2, 0.25) is 0 Å². The van der Waals surface area contributed by atoms with E-state index in [0.29, 0.717) is 11.4 Å². The van der Waals surface area contributed by atoms with Crippen molar-refractivity contribution in [2.24, 2.45) is 0 Å². The highest BCUT2D eigenvalue weighted by atomic mass is 32.2. The molecular weight excluding hydrogens is 429 g/mol. The van der Waals surface area contributed by atoms with Crippen molar-refractivity contribution >= 4 is 46.2 Å². The highest BCUT2D eigenvalue weighted by Crippen LogP contribution is 2.25. The second kappa shape index (κ2) is 9.94. The van der Waals surface area contributed by atoms with Crippen LogP contribution in [0.25, 0.3) is 11.0 Å². The molecule has 156 valence electrons. The number of carbonyl (C=O) groups is 1. The number of fused-ring (bicyclic) bond motifs is 1. The lowest BCUT2D eigenvalue weighted by Crippen LogP contribution is -2.14. The highest BCUT2D eigenvalue weighted by Gasteiger charge is 2.13. The number of para-hydroxylation sites is 2. The molecule has 0 saturated carbocycles. The molecule has 0 fully saturated rings. The maximum absolute atomic E-state index is 13.3. The number of aromatic nitrogens is 2. The summed E-state index contributed by atoms with van der Waals surface area (Å²) in [5, 5.41) is 3.64. The molecule has 7 heteroatoms. The number of hydrogen-bond donors (Lipinski definition) is 1. The lowest BCUT2D eigenvalue weighted by atomic mass is 10.1. The predicted molar refractivity (Wildman–Crippen MR) is 126 cm³/mol. The van der Waals surface area contributed by atoms with Crippen LogP contribution in [0.1, 0.15) is 11.3 Å². The van der Waals surface area contributed by atoms with Gasteiger partial charge >= 0.3 is 0 Å². The highest BCUT2D eigenvalue weighted by molar-refractivity contribution is 8.00. The van der Waals surface area contributed by atoms with Crippen molar-refractivity contribution in [2.45, 2.75) is 16.3 Å². The van der Waals surface area contributed by atoms with Gasteiger partial charge in [0.1, 0.15) is 10.8 Å². The standard InChI is InChI=1S/C24H20FN3OS2/c1-30-19-6-4-5-18(14-19)26-23(29)15-31-24-22(13-16-9-11-17(25)12-10-16)27-20-7-2-3-8-21(20)28-24/h2-12,14H,13,15H2,1H3,(H,26,29). The Morgan fingerprint density at radius 3 is 2.45 bits per heavy atom. The second-order valence-corrected chi connectivity index (χ2v) is 8.68. The first-order valence-electron chi connectivity index (χ1n) is 9.67. The number of hydrogen-bond acceptors (Lipinski definition) is 5. The summed E-state index contributed by atoms with van der Waals surface area (Å²) in [6.45, 7) is 0. The molecule has 1 N–H and O–H groups in total. The van der Waals surface area contributed by atoms with E-state index >= 15 is 0 Å². The van der Waals surface area contributed by atoms with Gasteiger partial charge in [0, 0.05) is 17.0 Å². The molecule has 0 bridgehead atoms.